The Hall–Kier alpha value is -1.35. The molecule has 0 unspecified atom stereocenters. The molecule has 1 aromatic heterocycles. The second-order valence-electron chi connectivity index (χ2n) is 3.36. The molecule has 1 aromatic carbocycles. The number of hydrogen-bond acceptors (Lipinski definition) is 2. The second kappa shape index (κ2) is 3.80. The molecule has 0 aliphatic heterocycles. The zero-order valence-electron chi connectivity index (χ0n) is 8.62. The van der Waals surface area contributed by atoms with Gasteiger partial charge in [-0.05, 0) is 18.7 Å². The van der Waals surface area contributed by atoms with Crippen LogP contribution in [0.1, 0.15) is 12.7 Å². The average Bonchev–Trinajstić information content (AvgIpc) is 2.54. The standard InChI is InChI=1S/C11H15N3/c1-3-12-8-11-13-9-6-4-5-7-10(9)14(11)2/h4-7,12H,3,8H2,1-2H3. The Morgan fingerprint density at radius 2 is 2.14 bits per heavy atom. The minimum atomic E-state index is 0.835. The van der Waals surface area contributed by atoms with Crippen LogP contribution in [0.2, 0.25) is 0 Å². The van der Waals surface area contributed by atoms with Crippen LogP contribution in [0.15, 0.2) is 24.3 Å². The molecule has 3 nitrogen and oxygen atoms in total. The highest BCUT2D eigenvalue weighted by Gasteiger charge is 2.04. The van der Waals surface area contributed by atoms with Crippen LogP contribution in [0.4, 0.5) is 0 Å². The average molecular weight is 189 g/mol. The Kier molecular flexibility index (Phi) is 2.50. The van der Waals surface area contributed by atoms with E-state index in [1.807, 2.05) is 18.2 Å². The van der Waals surface area contributed by atoms with Crippen LogP contribution < -0.4 is 5.32 Å². The van der Waals surface area contributed by atoms with Gasteiger partial charge in [-0.2, -0.15) is 0 Å². The van der Waals surface area contributed by atoms with Crippen molar-refractivity contribution in [3.05, 3.63) is 30.1 Å². The predicted octanol–water partition coefficient (Wildman–Crippen LogP) is 1.68. The predicted molar refractivity (Wildman–Crippen MR) is 58.1 cm³/mol. The molecular weight excluding hydrogens is 174 g/mol. The first-order valence-electron chi connectivity index (χ1n) is 4.94. The third-order valence-electron chi connectivity index (χ3n) is 2.41. The lowest BCUT2D eigenvalue weighted by Gasteiger charge is -2.01. The van der Waals surface area contributed by atoms with Crippen LogP contribution in [0.25, 0.3) is 11.0 Å². The van der Waals surface area contributed by atoms with Crippen molar-refractivity contribution in [2.75, 3.05) is 6.54 Å². The first-order chi connectivity index (χ1) is 6.83. The van der Waals surface area contributed by atoms with E-state index in [-0.39, 0.29) is 0 Å². The van der Waals surface area contributed by atoms with Gasteiger partial charge in [-0.25, -0.2) is 4.98 Å². The molecule has 0 bridgehead atoms. The number of nitrogens with zero attached hydrogens (tertiary/aromatic N) is 2. The molecule has 0 spiro atoms. The summed E-state index contributed by atoms with van der Waals surface area (Å²) in [4.78, 5) is 4.55. The summed E-state index contributed by atoms with van der Waals surface area (Å²) in [5.74, 6) is 1.09. The number of para-hydroxylation sites is 2. The smallest absolute Gasteiger partial charge is 0.123 e. The maximum Gasteiger partial charge on any atom is 0.123 e. The normalized spacial score (nSPS) is 11.0. The summed E-state index contributed by atoms with van der Waals surface area (Å²) in [7, 11) is 2.06. The van der Waals surface area contributed by atoms with E-state index < -0.39 is 0 Å². The zero-order valence-corrected chi connectivity index (χ0v) is 8.62. The van der Waals surface area contributed by atoms with Crippen molar-refractivity contribution in [2.24, 2.45) is 7.05 Å². The van der Waals surface area contributed by atoms with Crippen molar-refractivity contribution >= 4 is 11.0 Å². The van der Waals surface area contributed by atoms with Gasteiger partial charge in [0.1, 0.15) is 5.82 Å². The van der Waals surface area contributed by atoms with Gasteiger partial charge in [-0.15, -0.1) is 0 Å². The van der Waals surface area contributed by atoms with Crippen molar-refractivity contribution in [1.82, 2.24) is 14.9 Å². The SMILES string of the molecule is CCNCc1nc2ccccc2n1C. The van der Waals surface area contributed by atoms with Crippen molar-refractivity contribution in [3.8, 4) is 0 Å². The molecular formula is C11H15N3. The second-order valence-corrected chi connectivity index (χ2v) is 3.36. The topological polar surface area (TPSA) is 29.9 Å². The maximum absolute atomic E-state index is 4.55. The lowest BCUT2D eigenvalue weighted by atomic mass is 10.3. The van der Waals surface area contributed by atoms with Gasteiger partial charge in [0, 0.05) is 7.05 Å². The molecule has 0 aliphatic rings. The van der Waals surface area contributed by atoms with Gasteiger partial charge in [-0.1, -0.05) is 19.1 Å². The number of nitrogens with one attached hydrogen (secondary N) is 1. The fourth-order valence-electron chi connectivity index (χ4n) is 1.59. The zero-order chi connectivity index (χ0) is 9.97. The molecule has 3 heteroatoms. The lowest BCUT2D eigenvalue weighted by molar-refractivity contribution is 0.667. The molecule has 14 heavy (non-hydrogen) atoms. The van der Waals surface area contributed by atoms with Crippen molar-refractivity contribution in [2.45, 2.75) is 13.5 Å². The summed E-state index contributed by atoms with van der Waals surface area (Å²) in [6.45, 7) is 3.91. The Balaban J connectivity index is 2.41. The number of imidazole rings is 1. The van der Waals surface area contributed by atoms with Crippen molar-refractivity contribution in [3.63, 3.8) is 0 Å². The van der Waals surface area contributed by atoms with E-state index in [0.717, 1.165) is 24.4 Å². The summed E-state index contributed by atoms with van der Waals surface area (Å²) in [6, 6.07) is 8.20. The van der Waals surface area contributed by atoms with E-state index in [1.54, 1.807) is 0 Å². The molecule has 0 saturated heterocycles. The molecule has 0 fully saturated rings. The van der Waals surface area contributed by atoms with E-state index in [1.165, 1.54) is 5.52 Å². The van der Waals surface area contributed by atoms with Gasteiger partial charge in [0.2, 0.25) is 0 Å². The molecule has 1 heterocycles. The van der Waals surface area contributed by atoms with E-state index in [9.17, 15) is 0 Å². The minimum absolute atomic E-state index is 0.835. The van der Waals surface area contributed by atoms with E-state index >= 15 is 0 Å². The summed E-state index contributed by atoms with van der Waals surface area (Å²) in [6.07, 6.45) is 0. The Morgan fingerprint density at radius 1 is 1.36 bits per heavy atom. The van der Waals surface area contributed by atoms with Crippen molar-refractivity contribution < 1.29 is 0 Å². The summed E-state index contributed by atoms with van der Waals surface area (Å²) in [5.41, 5.74) is 2.27. The first kappa shape index (κ1) is 9.21. The van der Waals surface area contributed by atoms with Gasteiger partial charge in [0.05, 0.1) is 17.6 Å². The lowest BCUT2D eigenvalue weighted by Crippen LogP contribution is -2.15. The fourth-order valence-corrected chi connectivity index (χ4v) is 1.59. The summed E-state index contributed by atoms with van der Waals surface area (Å²) < 4.78 is 2.14. The number of rotatable bonds is 3. The van der Waals surface area contributed by atoms with Gasteiger partial charge in [-0.3, -0.25) is 0 Å². The van der Waals surface area contributed by atoms with Gasteiger partial charge in [0.15, 0.2) is 0 Å². The number of aromatic nitrogens is 2. The largest absolute Gasteiger partial charge is 0.330 e. The third-order valence-corrected chi connectivity index (χ3v) is 2.41. The molecule has 0 atom stereocenters. The van der Waals surface area contributed by atoms with E-state index in [4.69, 9.17) is 0 Å². The van der Waals surface area contributed by atoms with Crippen LogP contribution in [-0.2, 0) is 13.6 Å². The van der Waals surface area contributed by atoms with Gasteiger partial charge < -0.3 is 9.88 Å². The quantitative estimate of drug-likeness (QED) is 0.796. The minimum Gasteiger partial charge on any atom is -0.330 e. The van der Waals surface area contributed by atoms with Crippen molar-refractivity contribution in [1.29, 1.82) is 0 Å². The molecule has 2 rings (SSSR count). The van der Waals surface area contributed by atoms with E-state index in [2.05, 4.69) is 34.9 Å². The molecule has 0 saturated carbocycles. The summed E-state index contributed by atoms with van der Waals surface area (Å²) >= 11 is 0. The Bertz CT molecular complexity index is 431. The van der Waals surface area contributed by atoms with Crippen LogP contribution in [0.5, 0.6) is 0 Å². The molecule has 0 radical (unpaired) electrons. The number of benzene rings is 1. The molecule has 1 N–H and O–H groups in total. The van der Waals surface area contributed by atoms with E-state index in [0.29, 0.717) is 0 Å². The first-order valence-corrected chi connectivity index (χ1v) is 4.94. The third kappa shape index (κ3) is 1.51. The molecule has 74 valence electrons. The van der Waals surface area contributed by atoms with Crippen LogP contribution in [0, 0.1) is 0 Å². The fraction of sp³-hybridized carbons (Fsp3) is 0.364. The van der Waals surface area contributed by atoms with Crippen LogP contribution in [-0.4, -0.2) is 16.1 Å². The molecule has 0 aliphatic carbocycles. The Labute approximate surface area is 83.8 Å². The molecule has 2 aromatic rings. The molecule has 0 amide bonds. The van der Waals surface area contributed by atoms with Crippen LogP contribution in [0.3, 0.4) is 0 Å². The van der Waals surface area contributed by atoms with Gasteiger partial charge >= 0.3 is 0 Å². The number of fused-ring (bicyclic) bond motifs is 1. The highest BCUT2D eigenvalue weighted by Crippen LogP contribution is 2.13. The number of aryl methyl sites for hydroxylation is 1. The maximum atomic E-state index is 4.55. The highest BCUT2D eigenvalue weighted by atomic mass is 15.1. The number of hydrogen-bond donors (Lipinski definition) is 1. The Morgan fingerprint density at radius 3 is 2.86 bits per heavy atom. The summed E-state index contributed by atoms with van der Waals surface area (Å²) in [5, 5.41) is 3.28. The monoisotopic (exact) mass is 189 g/mol. The van der Waals surface area contributed by atoms with Crippen LogP contribution >= 0.6 is 0 Å². The highest BCUT2D eigenvalue weighted by molar-refractivity contribution is 5.75. The van der Waals surface area contributed by atoms with Gasteiger partial charge in [0.25, 0.3) is 0 Å².